The minimum absolute atomic E-state index is 0.0564. The van der Waals surface area contributed by atoms with E-state index < -0.39 is 12.5 Å². The van der Waals surface area contributed by atoms with Gasteiger partial charge in [0.1, 0.15) is 0 Å². The zero-order valence-corrected chi connectivity index (χ0v) is 14.6. The van der Waals surface area contributed by atoms with Gasteiger partial charge in [-0.2, -0.15) is 0 Å². The number of hydrogen-bond donors (Lipinski definition) is 3. The molecule has 0 fully saturated rings. The van der Waals surface area contributed by atoms with E-state index in [1.54, 1.807) is 6.08 Å². The van der Waals surface area contributed by atoms with Crippen LogP contribution in [0.2, 0.25) is 0 Å². The van der Waals surface area contributed by atoms with E-state index in [1.165, 1.54) is 6.42 Å². The van der Waals surface area contributed by atoms with Gasteiger partial charge in [-0.1, -0.05) is 70.4 Å². The highest BCUT2D eigenvalue weighted by atomic mass is 16.4. The Morgan fingerprint density at radius 2 is 2.04 bits per heavy atom. The second-order valence-electron chi connectivity index (χ2n) is 6.69. The number of hydrogen-bond acceptors (Lipinski definition) is 3. The summed E-state index contributed by atoms with van der Waals surface area (Å²) in [4.78, 5) is 12.0. The standard InChI is InChI=1S/C18H30BNO3/c1-4-5-6-7-8-17(21)20-14-18(3)12-11-15(2)9-10-16(13-18)19(22)23/h9-13,15,22-23H,4-8,14H2,1-3H3,(H,20,21)/b10-9-,12-11-,16-13?. The van der Waals surface area contributed by atoms with Crippen LogP contribution >= 0.6 is 0 Å². The largest absolute Gasteiger partial charge is 0.488 e. The molecule has 0 saturated heterocycles. The van der Waals surface area contributed by atoms with Crippen LogP contribution < -0.4 is 5.32 Å². The molecular weight excluding hydrogens is 289 g/mol. The first-order valence-electron chi connectivity index (χ1n) is 8.59. The lowest BCUT2D eigenvalue weighted by atomic mass is 9.72. The number of carbonyl (C=O) groups is 1. The average Bonchev–Trinajstić information content (AvgIpc) is 2.50. The molecule has 23 heavy (non-hydrogen) atoms. The number of unbranched alkanes of at least 4 members (excludes halogenated alkanes) is 3. The van der Waals surface area contributed by atoms with Crippen LogP contribution in [0.3, 0.4) is 0 Å². The lowest BCUT2D eigenvalue weighted by molar-refractivity contribution is -0.121. The molecule has 128 valence electrons. The van der Waals surface area contributed by atoms with Gasteiger partial charge in [0.15, 0.2) is 0 Å². The van der Waals surface area contributed by atoms with Crippen molar-refractivity contribution in [2.24, 2.45) is 11.3 Å². The Bertz CT molecular complexity index is 471. The summed E-state index contributed by atoms with van der Waals surface area (Å²) < 4.78 is 0. The molecule has 0 spiro atoms. The summed E-state index contributed by atoms with van der Waals surface area (Å²) in [6.07, 6.45) is 14.5. The molecule has 1 aliphatic carbocycles. The van der Waals surface area contributed by atoms with Crippen LogP contribution in [0.4, 0.5) is 0 Å². The van der Waals surface area contributed by atoms with Gasteiger partial charge in [-0.25, -0.2) is 0 Å². The molecule has 0 radical (unpaired) electrons. The molecule has 5 heteroatoms. The zero-order valence-electron chi connectivity index (χ0n) is 14.6. The van der Waals surface area contributed by atoms with Crippen LogP contribution in [-0.2, 0) is 4.79 Å². The number of carbonyl (C=O) groups excluding carboxylic acids is 1. The Hall–Kier alpha value is -1.33. The summed E-state index contributed by atoms with van der Waals surface area (Å²) in [6, 6.07) is 0. The number of amides is 1. The van der Waals surface area contributed by atoms with Crippen molar-refractivity contribution >= 4 is 13.0 Å². The predicted molar refractivity (Wildman–Crippen MR) is 95.6 cm³/mol. The molecule has 0 heterocycles. The fourth-order valence-electron chi connectivity index (χ4n) is 2.54. The maximum Gasteiger partial charge on any atom is 0.488 e. The molecule has 1 rings (SSSR count). The maximum atomic E-state index is 12.0. The van der Waals surface area contributed by atoms with Gasteiger partial charge in [-0.15, -0.1) is 0 Å². The Labute approximate surface area is 140 Å². The number of nitrogens with one attached hydrogen (secondary N) is 1. The topological polar surface area (TPSA) is 69.6 Å². The minimum atomic E-state index is -1.51. The SMILES string of the molecule is CCCCCCC(=O)NCC1(C)C=C(B(O)O)/C=C\C(C)/C=C\1. The van der Waals surface area contributed by atoms with Gasteiger partial charge in [0.25, 0.3) is 0 Å². The van der Waals surface area contributed by atoms with Crippen molar-refractivity contribution in [2.45, 2.75) is 52.9 Å². The van der Waals surface area contributed by atoms with Crippen molar-refractivity contribution in [3.05, 3.63) is 35.9 Å². The average molecular weight is 319 g/mol. The summed E-state index contributed by atoms with van der Waals surface area (Å²) in [5.41, 5.74) is 0.0258. The Morgan fingerprint density at radius 3 is 2.70 bits per heavy atom. The van der Waals surface area contributed by atoms with Gasteiger partial charge < -0.3 is 15.4 Å². The van der Waals surface area contributed by atoms with Crippen LogP contribution in [0.5, 0.6) is 0 Å². The van der Waals surface area contributed by atoms with Crippen LogP contribution in [0.25, 0.3) is 0 Å². The van der Waals surface area contributed by atoms with Crippen LogP contribution in [-0.4, -0.2) is 29.6 Å². The molecule has 1 aliphatic rings. The Morgan fingerprint density at radius 1 is 1.30 bits per heavy atom. The van der Waals surface area contributed by atoms with Crippen molar-refractivity contribution in [3.63, 3.8) is 0 Å². The van der Waals surface area contributed by atoms with E-state index >= 15 is 0 Å². The van der Waals surface area contributed by atoms with Gasteiger partial charge in [0.05, 0.1) is 0 Å². The third kappa shape index (κ3) is 7.66. The van der Waals surface area contributed by atoms with E-state index in [4.69, 9.17) is 0 Å². The van der Waals surface area contributed by atoms with Gasteiger partial charge in [-0.3, -0.25) is 4.79 Å². The third-order valence-electron chi connectivity index (χ3n) is 4.09. The molecule has 0 bridgehead atoms. The fraction of sp³-hybridized carbons (Fsp3) is 0.611. The molecule has 1 amide bonds. The lowest BCUT2D eigenvalue weighted by Gasteiger charge is -2.25. The van der Waals surface area contributed by atoms with Crippen LogP contribution in [0.15, 0.2) is 35.9 Å². The van der Waals surface area contributed by atoms with Crippen molar-refractivity contribution in [1.29, 1.82) is 0 Å². The molecule has 0 aromatic heterocycles. The third-order valence-corrected chi connectivity index (χ3v) is 4.09. The summed E-state index contributed by atoms with van der Waals surface area (Å²) in [6.45, 7) is 6.62. The second-order valence-corrected chi connectivity index (χ2v) is 6.69. The quantitative estimate of drug-likeness (QED) is 0.366. The van der Waals surface area contributed by atoms with E-state index in [-0.39, 0.29) is 11.8 Å². The molecule has 0 saturated carbocycles. The molecule has 2 unspecified atom stereocenters. The summed E-state index contributed by atoms with van der Waals surface area (Å²) >= 11 is 0. The Balaban J connectivity index is 2.65. The summed E-state index contributed by atoms with van der Waals surface area (Å²) in [5.74, 6) is 0.266. The normalized spacial score (nSPS) is 26.7. The highest BCUT2D eigenvalue weighted by Gasteiger charge is 2.24. The van der Waals surface area contributed by atoms with Crippen molar-refractivity contribution in [2.75, 3.05) is 6.54 Å². The second kappa shape index (κ2) is 9.73. The molecule has 0 aliphatic heterocycles. The molecule has 0 aromatic rings. The maximum absolute atomic E-state index is 12.0. The van der Waals surface area contributed by atoms with Crippen LogP contribution in [0.1, 0.15) is 52.9 Å². The molecule has 3 N–H and O–H groups in total. The first kappa shape index (κ1) is 19.7. The molecule has 4 nitrogen and oxygen atoms in total. The molecule has 0 aromatic carbocycles. The monoisotopic (exact) mass is 319 g/mol. The van der Waals surface area contributed by atoms with Crippen LogP contribution in [0, 0.1) is 11.3 Å². The van der Waals surface area contributed by atoms with E-state index in [0.717, 1.165) is 19.3 Å². The first-order valence-corrected chi connectivity index (χ1v) is 8.59. The van der Waals surface area contributed by atoms with Gasteiger partial charge >= 0.3 is 7.12 Å². The van der Waals surface area contributed by atoms with E-state index in [9.17, 15) is 14.8 Å². The fourth-order valence-corrected chi connectivity index (χ4v) is 2.54. The van der Waals surface area contributed by atoms with Crippen molar-refractivity contribution in [1.82, 2.24) is 5.32 Å². The first-order chi connectivity index (χ1) is 10.9. The van der Waals surface area contributed by atoms with E-state index in [1.807, 2.05) is 32.1 Å². The summed E-state index contributed by atoms with van der Waals surface area (Å²) in [5, 5.41) is 21.9. The minimum Gasteiger partial charge on any atom is -0.423 e. The Kier molecular flexibility index (Phi) is 8.35. The van der Waals surface area contributed by atoms with E-state index in [0.29, 0.717) is 18.4 Å². The molecule has 2 atom stereocenters. The predicted octanol–water partition coefficient (Wildman–Crippen LogP) is 2.78. The number of rotatable bonds is 8. The number of allylic oxidation sites excluding steroid dienone is 4. The zero-order chi connectivity index (χ0) is 17.3. The summed E-state index contributed by atoms with van der Waals surface area (Å²) in [7, 11) is -1.51. The molecular formula is C18H30BNO3. The van der Waals surface area contributed by atoms with Gasteiger partial charge in [-0.05, 0) is 17.8 Å². The lowest BCUT2D eigenvalue weighted by Crippen LogP contribution is -2.34. The van der Waals surface area contributed by atoms with Gasteiger partial charge in [0, 0.05) is 18.4 Å². The highest BCUT2D eigenvalue weighted by Crippen LogP contribution is 2.26. The van der Waals surface area contributed by atoms with Crippen molar-refractivity contribution < 1.29 is 14.8 Å². The van der Waals surface area contributed by atoms with Gasteiger partial charge in [0.2, 0.25) is 5.91 Å². The van der Waals surface area contributed by atoms with Crippen molar-refractivity contribution in [3.8, 4) is 0 Å². The smallest absolute Gasteiger partial charge is 0.423 e. The van der Waals surface area contributed by atoms with E-state index in [2.05, 4.69) is 18.3 Å². The highest BCUT2D eigenvalue weighted by molar-refractivity contribution is 6.51.